The van der Waals surface area contributed by atoms with Crippen LogP contribution in [0.25, 0.3) is 0 Å². The highest BCUT2D eigenvalue weighted by atomic mass is 16.4. The SMILES string of the molecule is CN1C(=O)CC(C(=O)O)C12CCN(Cc1ncccn1)CC2. The molecule has 2 aliphatic rings. The zero-order valence-corrected chi connectivity index (χ0v) is 12.6. The minimum absolute atomic E-state index is 0.0627. The zero-order valence-electron chi connectivity index (χ0n) is 12.6. The van der Waals surface area contributed by atoms with Crippen LogP contribution in [-0.4, -0.2) is 62.4 Å². The Morgan fingerprint density at radius 1 is 1.36 bits per heavy atom. The molecule has 1 aromatic heterocycles. The van der Waals surface area contributed by atoms with Crippen molar-refractivity contribution in [2.24, 2.45) is 5.92 Å². The number of carbonyl (C=O) groups excluding carboxylic acids is 1. The standard InChI is InChI=1S/C15H20N4O3/c1-18-13(20)9-11(14(21)22)15(18)3-7-19(8-4-15)10-12-16-5-2-6-17-12/h2,5-6,11H,3-4,7-10H2,1H3,(H,21,22). The first kappa shape index (κ1) is 14.9. The van der Waals surface area contributed by atoms with E-state index in [0.29, 0.717) is 19.4 Å². The lowest BCUT2D eigenvalue weighted by molar-refractivity contribution is -0.146. The van der Waals surface area contributed by atoms with Crippen LogP contribution < -0.4 is 0 Å². The summed E-state index contributed by atoms with van der Waals surface area (Å²) < 4.78 is 0. The average Bonchev–Trinajstić information content (AvgIpc) is 2.76. The minimum Gasteiger partial charge on any atom is -0.481 e. The van der Waals surface area contributed by atoms with Crippen LogP contribution in [0.2, 0.25) is 0 Å². The van der Waals surface area contributed by atoms with E-state index in [2.05, 4.69) is 14.9 Å². The third-order valence-corrected chi connectivity index (χ3v) is 5.07. The predicted molar refractivity (Wildman–Crippen MR) is 77.8 cm³/mol. The van der Waals surface area contributed by atoms with Gasteiger partial charge in [-0.05, 0) is 18.9 Å². The van der Waals surface area contributed by atoms with E-state index in [-0.39, 0.29) is 12.3 Å². The van der Waals surface area contributed by atoms with E-state index in [4.69, 9.17) is 0 Å². The maximum atomic E-state index is 12.0. The van der Waals surface area contributed by atoms with Crippen LogP contribution in [0.4, 0.5) is 0 Å². The molecule has 2 aliphatic heterocycles. The van der Waals surface area contributed by atoms with Crippen LogP contribution >= 0.6 is 0 Å². The number of nitrogens with zero attached hydrogens (tertiary/aromatic N) is 4. The van der Waals surface area contributed by atoms with E-state index in [9.17, 15) is 14.7 Å². The first-order chi connectivity index (χ1) is 10.5. The fourth-order valence-corrected chi connectivity index (χ4v) is 3.69. The van der Waals surface area contributed by atoms with E-state index in [1.54, 1.807) is 30.4 Å². The molecule has 118 valence electrons. The molecule has 0 radical (unpaired) electrons. The van der Waals surface area contributed by atoms with Crippen LogP contribution in [0.1, 0.15) is 25.1 Å². The maximum Gasteiger partial charge on any atom is 0.309 e. The third kappa shape index (κ3) is 2.45. The van der Waals surface area contributed by atoms with Crippen LogP contribution in [0, 0.1) is 5.92 Å². The van der Waals surface area contributed by atoms with Gasteiger partial charge in [-0.25, -0.2) is 9.97 Å². The number of hydrogen-bond acceptors (Lipinski definition) is 5. The lowest BCUT2D eigenvalue weighted by atomic mass is 9.77. The van der Waals surface area contributed by atoms with Crippen molar-refractivity contribution in [3.05, 3.63) is 24.3 Å². The Labute approximate surface area is 129 Å². The number of carboxylic acid groups (broad SMARTS) is 1. The molecule has 1 unspecified atom stereocenters. The Bertz CT molecular complexity index is 569. The molecule has 0 aliphatic carbocycles. The molecule has 7 nitrogen and oxygen atoms in total. The number of likely N-dealkylation sites (tertiary alicyclic amines) is 2. The molecule has 3 heterocycles. The summed E-state index contributed by atoms with van der Waals surface area (Å²) in [6.45, 7) is 2.16. The second-order valence-electron chi connectivity index (χ2n) is 6.09. The lowest BCUT2D eigenvalue weighted by Gasteiger charge is -2.45. The molecular weight excluding hydrogens is 284 g/mol. The first-order valence-electron chi connectivity index (χ1n) is 7.51. The second kappa shape index (κ2) is 5.64. The number of aromatic nitrogens is 2. The van der Waals surface area contributed by atoms with E-state index >= 15 is 0 Å². The molecule has 2 saturated heterocycles. The molecule has 1 spiro atoms. The van der Waals surface area contributed by atoms with Crippen molar-refractivity contribution in [1.29, 1.82) is 0 Å². The lowest BCUT2D eigenvalue weighted by Crippen LogP contribution is -2.56. The van der Waals surface area contributed by atoms with Crippen LogP contribution in [0.3, 0.4) is 0 Å². The quantitative estimate of drug-likeness (QED) is 0.868. The van der Waals surface area contributed by atoms with Gasteiger partial charge in [-0.1, -0.05) is 0 Å². The zero-order chi connectivity index (χ0) is 15.7. The topological polar surface area (TPSA) is 86.6 Å². The van der Waals surface area contributed by atoms with Gasteiger partial charge in [0.05, 0.1) is 18.0 Å². The van der Waals surface area contributed by atoms with Gasteiger partial charge >= 0.3 is 5.97 Å². The number of carbonyl (C=O) groups is 2. The average molecular weight is 304 g/mol. The van der Waals surface area contributed by atoms with Crippen molar-refractivity contribution in [1.82, 2.24) is 19.8 Å². The summed E-state index contributed by atoms with van der Waals surface area (Å²) in [5, 5.41) is 9.45. The van der Waals surface area contributed by atoms with Crippen LogP contribution in [0.15, 0.2) is 18.5 Å². The van der Waals surface area contributed by atoms with Gasteiger partial charge in [-0.15, -0.1) is 0 Å². The Hall–Kier alpha value is -2.02. The van der Waals surface area contributed by atoms with Crippen molar-refractivity contribution in [3.8, 4) is 0 Å². The fraction of sp³-hybridized carbons (Fsp3) is 0.600. The van der Waals surface area contributed by atoms with E-state index in [1.165, 1.54) is 0 Å². The molecule has 1 aromatic rings. The predicted octanol–water partition coefficient (Wildman–Crippen LogP) is 0.374. The second-order valence-corrected chi connectivity index (χ2v) is 6.09. The summed E-state index contributed by atoms with van der Waals surface area (Å²) in [5.41, 5.74) is -0.531. The molecule has 3 rings (SSSR count). The molecule has 1 amide bonds. The molecule has 0 aromatic carbocycles. The van der Waals surface area contributed by atoms with Crippen LogP contribution in [0.5, 0.6) is 0 Å². The van der Waals surface area contributed by atoms with Crippen molar-refractivity contribution >= 4 is 11.9 Å². The van der Waals surface area contributed by atoms with Gasteiger partial charge in [-0.2, -0.15) is 0 Å². The van der Waals surface area contributed by atoms with Crippen molar-refractivity contribution in [2.45, 2.75) is 31.3 Å². The van der Waals surface area contributed by atoms with Gasteiger partial charge in [0.1, 0.15) is 5.82 Å². The van der Waals surface area contributed by atoms with Crippen molar-refractivity contribution in [2.75, 3.05) is 20.1 Å². The maximum absolute atomic E-state index is 12.0. The molecule has 0 saturated carbocycles. The Morgan fingerprint density at radius 2 is 2.00 bits per heavy atom. The van der Waals surface area contributed by atoms with Gasteiger partial charge in [0.2, 0.25) is 5.91 Å². The smallest absolute Gasteiger partial charge is 0.309 e. The summed E-state index contributed by atoms with van der Waals surface area (Å²) in [6.07, 6.45) is 4.92. The summed E-state index contributed by atoms with van der Waals surface area (Å²) in [5.74, 6) is -0.756. The molecule has 0 bridgehead atoms. The fourth-order valence-electron chi connectivity index (χ4n) is 3.69. The molecular formula is C15H20N4O3. The highest BCUT2D eigenvalue weighted by Crippen LogP contribution is 2.42. The van der Waals surface area contributed by atoms with E-state index in [1.807, 2.05) is 0 Å². The van der Waals surface area contributed by atoms with Crippen molar-refractivity contribution < 1.29 is 14.7 Å². The summed E-state index contributed by atoms with van der Waals surface area (Å²) in [7, 11) is 1.74. The minimum atomic E-state index is -0.863. The van der Waals surface area contributed by atoms with Gasteiger partial charge in [0.25, 0.3) is 0 Å². The van der Waals surface area contributed by atoms with E-state index < -0.39 is 17.4 Å². The molecule has 1 atom stereocenters. The third-order valence-electron chi connectivity index (χ3n) is 5.07. The normalized spacial score (nSPS) is 24.9. The number of hydrogen-bond donors (Lipinski definition) is 1. The van der Waals surface area contributed by atoms with Gasteiger partial charge in [0.15, 0.2) is 0 Å². The molecule has 2 fully saturated rings. The molecule has 22 heavy (non-hydrogen) atoms. The Balaban J connectivity index is 1.69. The summed E-state index contributed by atoms with van der Waals surface area (Å²) in [6, 6.07) is 1.78. The monoisotopic (exact) mass is 304 g/mol. The summed E-state index contributed by atoms with van der Waals surface area (Å²) in [4.78, 5) is 35.8. The van der Waals surface area contributed by atoms with Gasteiger partial charge in [0, 0.05) is 39.0 Å². The Kier molecular flexibility index (Phi) is 3.82. The number of rotatable bonds is 3. The number of amides is 1. The van der Waals surface area contributed by atoms with Crippen molar-refractivity contribution in [3.63, 3.8) is 0 Å². The highest BCUT2D eigenvalue weighted by molar-refractivity contribution is 5.88. The number of piperidine rings is 1. The van der Waals surface area contributed by atoms with E-state index in [0.717, 1.165) is 18.9 Å². The largest absolute Gasteiger partial charge is 0.481 e. The molecule has 7 heteroatoms. The first-order valence-corrected chi connectivity index (χ1v) is 7.51. The van der Waals surface area contributed by atoms with Crippen LogP contribution in [-0.2, 0) is 16.1 Å². The Morgan fingerprint density at radius 3 is 2.59 bits per heavy atom. The number of carboxylic acids is 1. The molecule has 1 N–H and O–H groups in total. The highest BCUT2D eigenvalue weighted by Gasteiger charge is 2.55. The number of aliphatic carboxylic acids is 1. The van der Waals surface area contributed by atoms with Gasteiger partial charge in [-0.3, -0.25) is 14.5 Å². The van der Waals surface area contributed by atoms with Gasteiger partial charge < -0.3 is 10.0 Å². The summed E-state index contributed by atoms with van der Waals surface area (Å²) >= 11 is 0.